The van der Waals surface area contributed by atoms with E-state index in [9.17, 15) is 19.2 Å². The topological polar surface area (TPSA) is 102 Å². The van der Waals surface area contributed by atoms with E-state index < -0.39 is 18.5 Å². The van der Waals surface area contributed by atoms with E-state index in [0.29, 0.717) is 28.4 Å². The van der Waals surface area contributed by atoms with Crippen LogP contribution in [0.15, 0.2) is 48.5 Å². The highest BCUT2D eigenvalue weighted by atomic mass is 35.5. The summed E-state index contributed by atoms with van der Waals surface area (Å²) in [5.41, 5.74) is 1.53. The summed E-state index contributed by atoms with van der Waals surface area (Å²) < 4.78 is 4.90. The lowest BCUT2D eigenvalue weighted by molar-refractivity contribution is -0.147. The Bertz CT molecular complexity index is 896. The summed E-state index contributed by atoms with van der Waals surface area (Å²) in [7, 11) is 0. The van der Waals surface area contributed by atoms with Gasteiger partial charge in [0.2, 0.25) is 5.91 Å². The largest absolute Gasteiger partial charge is 0.456 e. The van der Waals surface area contributed by atoms with E-state index in [1.165, 1.54) is 6.92 Å². The molecular weight excluding hydrogens is 396 g/mol. The van der Waals surface area contributed by atoms with Crippen molar-refractivity contribution < 1.29 is 23.9 Å². The Labute approximate surface area is 173 Å². The van der Waals surface area contributed by atoms with Crippen LogP contribution in [0.25, 0.3) is 0 Å². The summed E-state index contributed by atoms with van der Waals surface area (Å²) in [5, 5.41) is 5.82. The first kappa shape index (κ1) is 22.1. The summed E-state index contributed by atoms with van der Waals surface area (Å²) in [6.07, 6.45) is 0.448. The minimum Gasteiger partial charge on any atom is -0.456 e. The number of Topliss-reactive ketones (excluding diaryl/α,β-unsaturated/α-hetero) is 1. The van der Waals surface area contributed by atoms with Gasteiger partial charge in [-0.1, -0.05) is 23.7 Å². The SMILES string of the molecule is CC(=O)c1cccc(NC(=O)COC(=O)CCCC(=O)Nc2ccc(Cl)cc2)c1. The molecule has 0 spiro atoms. The van der Waals surface area contributed by atoms with E-state index in [-0.39, 0.29) is 24.5 Å². The zero-order valence-electron chi connectivity index (χ0n) is 15.9. The smallest absolute Gasteiger partial charge is 0.306 e. The summed E-state index contributed by atoms with van der Waals surface area (Å²) in [6.45, 7) is 0.985. The molecule has 0 saturated heterocycles. The molecule has 0 bridgehead atoms. The molecule has 0 aliphatic carbocycles. The van der Waals surface area contributed by atoms with E-state index in [4.69, 9.17) is 16.3 Å². The summed E-state index contributed by atoms with van der Waals surface area (Å²) >= 11 is 5.78. The first-order valence-corrected chi connectivity index (χ1v) is 9.33. The number of ketones is 1. The predicted molar refractivity (Wildman–Crippen MR) is 110 cm³/mol. The number of hydrogen-bond donors (Lipinski definition) is 2. The van der Waals surface area contributed by atoms with Crippen molar-refractivity contribution >= 4 is 46.5 Å². The molecule has 0 aliphatic rings. The number of nitrogens with one attached hydrogen (secondary N) is 2. The summed E-state index contributed by atoms with van der Waals surface area (Å²) in [6, 6.07) is 13.1. The minimum absolute atomic E-state index is 0.0150. The second kappa shape index (κ2) is 11.0. The molecule has 2 amide bonds. The number of amides is 2. The molecule has 0 atom stereocenters. The standard InChI is InChI=1S/C21H21ClN2O5/c1-14(25)15-4-2-5-18(12-15)24-20(27)13-29-21(28)7-3-6-19(26)23-17-10-8-16(22)9-11-17/h2,4-5,8-12H,3,6-7,13H2,1H3,(H,23,26)(H,24,27). The van der Waals surface area contributed by atoms with Gasteiger partial charge in [0.15, 0.2) is 12.4 Å². The molecule has 0 heterocycles. The van der Waals surface area contributed by atoms with Crippen molar-refractivity contribution in [2.75, 3.05) is 17.2 Å². The van der Waals surface area contributed by atoms with Crippen LogP contribution in [-0.4, -0.2) is 30.2 Å². The van der Waals surface area contributed by atoms with E-state index in [0.717, 1.165) is 0 Å². The molecule has 7 nitrogen and oxygen atoms in total. The molecule has 0 radical (unpaired) electrons. The third-order valence-corrected chi connectivity index (χ3v) is 4.08. The van der Waals surface area contributed by atoms with Gasteiger partial charge >= 0.3 is 5.97 Å². The van der Waals surface area contributed by atoms with Crippen LogP contribution in [0, 0.1) is 0 Å². The molecule has 2 aromatic rings. The molecule has 0 unspecified atom stereocenters. The van der Waals surface area contributed by atoms with Crippen molar-refractivity contribution in [1.82, 2.24) is 0 Å². The molecule has 8 heteroatoms. The Kier molecular flexibility index (Phi) is 8.36. The number of halogens is 1. The molecule has 152 valence electrons. The predicted octanol–water partition coefficient (Wildman–Crippen LogP) is 3.83. The van der Waals surface area contributed by atoms with Gasteiger partial charge in [0, 0.05) is 34.8 Å². The normalized spacial score (nSPS) is 10.1. The van der Waals surface area contributed by atoms with Crippen LogP contribution < -0.4 is 10.6 Å². The van der Waals surface area contributed by atoms with Crippen LogP contribution in [0.5, 0.6) is 0 Å². The molecule has 29 heavy (non-hydrogen) atoms. The minimum atomic E-state index is -0.572. The lowest BCUT2D eigenvalue weighted by Crippen LogP contribution is -2.21. The van der Waals surface area contributed by atoms with Crippen molar-refractivity contribution in [1.29, 1.82) is 0 Å². The average molecular weight is 417 g/mol. The fourth-order valence-electron chi connectivity index (χ4n) is 2.38. The maximum Gasteiger partial charge on any atom is 0.306 e. The Balaban J connectivity index is 1.65. The number of carbonyl (C=O) groups is 4. The fourth-order valence-corrected chi connectivity index (χ4v) is 2.51. The summed E-state index contributed by atoms with van der Waals surface area (Å²) in [5.74, 6) is -1.44. The highest BCUT2D eigenvalue weighted by molar-refractivity contribution is 6.30. The van der Waals surface area contributed by atoms with Crippen LogP contribution in [-0.2, 0) is 19.1 Å². The van der Waals surface area contributed by atoms with E-state index in [2.05, 4.69) is 10.6 Å². The first-order valence-electron chi connectivity index (χ1n) is 8.95. The van der Waals surface area contributed by atoms with E-state index in [1.807, 2.05) is 0 Å². The van der Waals surface area contributed by atoms with Crippen LogP contribution in [0.4, 0.5) is 11.4 Å². The molecule has 2 N–H and O–H groups in total. The van der Waals surface area contributed by atoms with Crippen molar-refractivity contribution in [3.05, 3.63) is 59.1 Å². The zero-order valence-corrected chi connectivity index (χ0v) is 16.6. The van der Waals surface area contributed by atoms with E-state index in [1.54, 1.807) is 48.5 Å². The van der Waals surface area contributed by atoms with Crippen LogP contribution >= 0.6 is 11.6 Å². The lowest BCUT2D eigenvalue weighted by Gasteiger charge is -2.08. The monoisotopic (exact) mass is 416 g/mol. The third-order valence-electron chi connectivity index (χ3n) is 3.83. The fraction of sp³-hybridized carbons (Fsp3) is 0.238. The van der Waals surface area contributed by atoms with Crippen LogP contribution in [0.3, 0.4) is 0 Å². The Hall–Kier alpha value is -3.19. The molecule has 0 aliphatic heterocycles. The number of hydrogen-bond acceptors (Lipinski definition) is 5. The number of rotatable bonds is 9. The molecular formula is C21H21ClN2O5. The first-order chi connectivity index (χ1) is 13.8. The summed E-state index contributed by atoms with van der Waals surface area (Å²) in [4.78, 5) is 46.8. The zero-order chi connectivity index (χ0) is 21.2. The number of anilines is 2. The Morgan fingerprint density at radius 1 is 0.897 bits per heavy atom. The van der Waals surface area contributed by atoms with Gasteiger partial charge in [0.1, 0.15) is 0 Å². The maximum atomic E-state index is 11.9. The van der Waals surface area contributed by atoms with Crippen molar-refractivity contribution in [2.24, 2.45) is 0 Å². The third kappa shape index (κ3) is 8.15. The molecule has 0 fully saturated rings. The van der Waals surface area contributed by atoms with Gasteiger partial charge in [-0.3, -0.25) is 19.2 Å². The Morgan fingerprint density at radius 2 is 1.59 bits per heavy atom. The van der Waals surface area contributed by atoms with Gasteiger partial charge in [-0.25, -0.2) is 0 Å². The molecule has 0 aromatic heterocycles. The number of esters is 1. The number of benzene rings is 2. The highest BCUT2D eigenvalue weighted by Gasteiger charge is 2.10. The maximum absolute atomic E-state index is 11.9. The van der Waals surface area contributed by atoms with Crippen LogP contribution in [0.1, 0.15) is 36.5 Å². The highest BCUT2D eigenvalue weighted by Crippen LogP contribution is 2.14. The van der Waals surface area contributed by atoms with Gasteiger partial charge in [-0.15, -0.1) is 0 Å². The van der Waals surface area contributed by atoms with Gasteiger partial charge < -0.3 is 15.4 Å². The lowest BCUT2D eigenvalue weighted by atomic mass is 10.1. The molecule has 0 saturated carbocycles. The quantitative estimate of drug-likeness (QED) is 0.477. The second-order valence-corrected chi connectivity index (χ2v) is 6.69. The Morgan fingerprint density at radius 3 is 2.28 bits per heavy atom. The molecule has 2 aromatic carbocycles. The molecule has 2 rings (SSSR count). The number of ether oxygens (including phenoxy) is 1. The van der Waals surface area contributed by atoms with Gasteiger partial charge in [-0.2, -0.15) is 0 Å². The van der Waals surface area contributed by atoms with Gasteiger partial charge in [0.25, 0.3) is 5.91 Å². The second-order valence-electron chi connectivity index (χ2n) is 6.25. The number of carbonyl (C=O) groups excluding carboxylic acids is 4. The van der Waals surface area contributed by atoms with Crippen molar-refractivity contribution in [2.45, 2.75) is 26.2 Å². The van der Waals surface area contributed by atoms with Crippen molar-refractivity contribution in [3.8, 4) is 0 Å². The average Bonchev–Trinajstić information content (AvgIpc) is 2.68. The van der Waals surface area contributed by atoms with Gasteiger partial charge in [-0.05, 0) is 49.7 Å². The van der Waals surface area contributed by atoms with Gasteiger partial charge in [0.05, 0.1) is 0 Å². The van der Waals surface area contributed by atoms with E-state index >= 15 is 0 Å². The van der Waals surface area contributed by atoms with Crippen LogP contribution in [0.2, 0.25) is 5.02 Å². The van der Waals surface area contributed by atoms with Crippen molar-refractivity contribution in [3.63, 3.8) is 0 Å².